The average molecular weight is 483 g/mol. The fraction of sp³-hybridized carbons (Fsp3) is 0.333. The van der Waals surface area contributed by atoms with Gasteiger partial charge in [0.15, 0.2) is 5.65 Å². The SMILES string of the molecule is CSc1cc(C(C)C)ccc1-n1cc(C)c2c(N3CCC=C(c4ccccc4C)C3)nc(C)nc21. The molecule has 5 rings (SSSR count). The standard InChI is InChI=1S/C30H34N4S/c1-19(2)23-13-14-26(27(16-23)35-6)34-17-21(4)28-29(31-22(5)32-30(28)34)33-15-9-11-24(18-33)25-12-8-7-10-20(25)3/h7-8,10-14,16-17,19H,9,15,18H2,1-6H3. The van der Waals surface area contributed by atoms with E-state index in [4.69, 9.17) is 9.97 Å². The van der Waals surface area contributed by atoms with E-state index in [0.717, 1.165) is 42.2 Å². The fourth-order valence-electron chi connectivity index (χ4n) is 5.11. The number of hydrogen-bond donors (Lipinski definition) is 0. The van der Waals surface area contributed by atoms with Crippen LogP contribution in [0.2, 0.25) is 0 Å². The summed E-state index contributed by atoms with van der Waals surface area (Å²) in [6, 6.07) is 15.5. The normalized spacial score (nSPS) is 14.1. The van der Waals surface area contributed by atoms with Gasteiger partial charge >= 0.3 is 0 Å². The van der Waals surface area contributed by atoms with Gasteiger partial charge in [-0.05, 0) is 79.3 Å². The Hall–Kier alpha value is -3.05. The summed E-state index contributed by atoms with van der Waals surface area (Å²) >= 11 is 1.79. The van der Waals surface area contributed by atoms with E-state index < -0.39 is 0 Å². The maximum atomic E-state index is 4.99. The average Bonchev–Trinajstić information content (AvgIpc) is 3.19. The molecule has 1 aliphatic heterocycles. The van der Waals surface area contributed by atoms with Crippen LogP contribution in [0.4, 0.5) is 5.82 Å². The summed E-state index contributed by atoms with van der Waals surface area (Å²) in [5, 5.41) is 1.15. The van der Waals surface area contributed by atoms with Crippen LogP contribution in [0.1, 0.15) is 54.3 Å². The molecule has 0 unspecified atom stereocenters. The van der Waals surface area contributed by atoms with Crippen LogP contribution in [0.25, 0.3) is 22.3 Å². The van der Waals surface area contributed by atoms with Crippen LogP contribution in [0, 0.1) is 20.8 Å². The lowest BCUT2D eigenvalue weighted by Crippen LogP contribution is -2.30. The molecule has 4 nitrogen and oxygen atoms in total. The molecule has 180 valence electrons. The number of benzene rings is 2. The van der Waals surface area contributed by atoms with E-state index in [9.17, 15) is 0 Å². The van der Waals surface area contributed by atoms with Crippen molar-refractivity contribution in [3.8, 4) is 5.69 Å². The molecule has 1 aliphatic rings. The van der Waals surface area contributed by atoms with Gasteiger partial charge in [-0.2, -0.15) is 0 Å². The van der Waals surface area contributed by atoms with Crippen molar-refractivity contribution in [2.75, 3.05) is 24.2 Å². The molecule has 0 atom stereocenters. The molecule has 0 spiro atoms. The van der Waals surface area contributed by atoms with Crippen molar-refractivity contribution in [2.24, 2.45) is 0 Å². The van der Waals surface area contributed by atoms with E-state index in [1.54, 1.807) is 11.8 Å². The van der Waals surface area contributed by atoms with E-state index in [-0.39, 0.29) is 0 Å². The molecule has 0 fully saturated rings. The smallest absolute Gasteiger partial charge is 0.150 e. The maximum absolute atomic E-state index is 4.99. The zero-order valence-corrected chi connectivity index (χ0v) is 22.4. The molecule has 0 amide bonds. The van der Waals surface area contributed by atoms with Gasteiger partial charge < -0.3 is 4.90 Å². The first kappa shape index (κ1) is 23.7. The number of nitrogens with zero attached hydrogens (tertiary/aromatic N) is 4. The maximum Gasteiger partial charge on any atom is 0.150 e. The topological polar surface area (TPSA) is 34.0 Å². The Morgan fingerprint density at radius 2 is 1.77 bits per heavy atom. The first-order valence-electron chi connectivity index (χ1n) is 12.4. The third-order valence-corrected chi connectivity index (χ3v) is 7.77. The lowest BCUT2D eigenvalue weighted by atomic mass is 9.97. The van der Waals surface area contributed by atoms with Gasteiger partial charge in [0.25, 0.3) is 0 Å². The number of rotatable bonds is 5. The van der Waals surface area contributed by atoms with Crippen LogP contribution in [0.3, 0.4) is 0 Å². The van der Waals surface area contributed by atoms with Gasteiger partial charge in [0, 0.05) is 24.2 Å². The summed E-state index contributed by atoms with van der Waals surface area (Å²) in [7, 11) is 0. The van der Waals surface area contributed by atoms with Crippen LogP contribution < -0.4 is 4.90 Å². The first-order chi connectivity index (χ1) is 16.9. The summed E-state index contributed by atoms with van der Waals surface area (Å²) in [6.07, 6.45) is 7.79. The molecular formula is C30H34N4S. The molecule has 3 heterocycles. The van der Waals surface area contributed by atoms with Gasteiger partial charge in [0.05, 0.1) is 11.1 Å². The molecule has 4 aromatic rings. The minimum atomic E-state index is 0.504. The molecule has 0 saturated carbocycles. The number of aryl methyl sites for hydroxylation is 3. The van der Waals surface area contributed by atoms with E-state index in [1.807, 2.05) is 6.92 Å². The van der Waals surface area contributed by atoms with Crippen LogP contribution in [-0.2, 0) is 0 Å². The predicted octanol–water partition coefficient (Wildman–Crippen LogP) is 7.48. The van der Waals surface area contributed by atoms with Crippen LogP contribution in [0.5, 0.6) is 0 Å². The summed E-state index contributed by atoms with van der Waals surface area (Å²) in [5.41, 5.74) is 8.78. The number of anilines is 1. The second-order valence-corrected chi connectivity index (χ2v) is 10.7. The molecular weight excluding hydrogens is 448 g/mol. The Balaban J connectivity index is 1.61. The van der Waals surface area contributed by atoms with Crippen LogP contribution >= 0.6 is 11.8 Å². The predicted molar refractivity (Wildman–Crippen MR) is 150 cm³/mol. The Kier molecular flexibility index (Phi) is 6.45. The largest absolute Gasteiger partial charge is 0.351 e. The second kappa shape index (κ2) is 9.54. The first-order valence-corrected chi connectivity index (χ1v) is 13.6. The van der Waals surface area contributed by atoms with Crippen molar-refractivity contribution in [3.63, 3.8) is 0 Å². The summed E-state index contributed by atoms with van der Waals surface area (Å²) in [4.78, 5) is 13.7. The molecule has 0 saturated heterocycles. The Morgan fingerprint density at radius 1 is 0.971 bits per heavy atom. The number of fused-ring (bicyclic) bond motifs is 1. The molecule has 2 aromatic heterocycles. The van der Waals surface area contributed by atoms with Crippen molar-refractivity contribution >= 4 is 34.2 Å². The minimum Gasteiger partial charge on any atom is -0.351 e. The Labute approximate surface area is 213 Å². The highest BCUT2D eigenvalue weighted by atomic mass is 32.2. The van der Waals surface area contributed by atoms with Crippen molar-refractivity contribution in [3.05, 3.63) is 82.8 Å². The van der Waals surface area contributed by atoms with E-state index in [1.165, 1.54) is 38.4 Å². The summed E-state index contributed by atoms with van der Waals surface area (Å²) in [6.45, 7) is 12.7. The lowest BCUT2D eigenvalue weighted by Gasteiger charge is -2.30. The molecule has 5 heteroatoms. The monoisotopic (exact) mass is 482 g/mol. The highest BCUT2D eigenvalue weighted by molar-refractivity contribution is 7.98. The highest BCUT2D eigenvalue weighted by Crippen LogP contribution is 2.36. The molecule has 35 heavy (non-hydrogen) atoms. The van der Waals surface area contributed by atoms with Gasteiger partial charge in [-0.3, -0.25) is 4.57 Å². The van der Waals surface area contributed by atoms with E-state index in [2.05, 4.69) is 98.2 Å². The summed E-state index contributed by atoms with van der Waals surface area (Å²) in [5.74, 6) is 2.36. The van der Waals surface area contributed by atoms with Gasteiger partial charge in [-0.1, -0.05) is 50.3 Å². The minimum absolute atomic E-state index is 0.504. The zero-order chi connectivity index (χ0) is 24.7. The van der Waals surface area contributed by atoms with Crippen molar-refractivity contribution in [1.82, 2.24) is 14.5 Å². The van der Waals surface area contributed by atoms with Gasteiger partial charge in [-0.15, -0.1) is 11.8 Å². The molecule has 0 aliphatic carbocycles. The number of thioether (sulfide) groups is 1. The number of aromatic nitrogens is 3. The van der Waals surface area contributed by atoms with Gasteiger partial charge in [0.1, 0.15) is 11.6 Å². The van der Waals surface area contributed by atoms with Crippen LogP contribution in [0.15, 0.2) is 59.6 Å². The summed E-state index contributed by atoms with van der Waals surface area (Å²) < 4.78 is 2.26. The van der Waals surface area contributed by atoms with E-state index >= 15 is 0 Å². The molecule has 2 aromatic carbocycles. The van der Waals surface area contributed by atoms with Crippen molar-refractivity contribution in [1.29, 1.82) is 0 Å². The molecule has 0 bridgehead atoms. The lowest BCUT2D eigenvalue weighted by molar-refractivity contribution is 0.812. The third-order valence-electron chi connectivity index (χ3n) is 7.00. The van der Waals surface area contributed by atoms with Crippen molar-refractivity contribution < 1.29 is 0 Å². The Bertz CT molecular complexity index is 1430. The van der Waals surface area contributed by atoms with Gasteiger partial charge in [0.2, 0.25) is 0 Å². The second-order valence-electron chi connectivity index (χ2n) is 9.82. The highest BCUT2D eigenvalue weighted by Gasteiger charge is 2.23. The van der Waals surface area contributed by atoms with Crippen molar-refractivity contribution in [2.45, 2.75) is 51.9 Å². The zero-order valence-electron chi connectivity index (χ0n) is 21.6. The number of hydrogen-bond acceptors (Lipinski definition) is 4. The Morgan fingerprint density at radius 3 is 2.51 bits per heavy atom. The molecule has 0 N–H and O–H groups in total. The quantitative estimate of drug-likeness (QED) is 0.276. The third kappa shape index (κ3) is 4.38. The van der Waals surface area contributed by atoms with Crippen LogP contribution in [-0.4, -0.2) is 33.9 Å². The van der Waals surface area contributed by atoms with E-state index in [0.29, 0.717) is 5.92 Å². The van der Waals surface area contributed by atoms with Gasteiger partial charge in [-0.25, -0.2) is 9.97 Å². The fourth-order valence-corrected chi connectivity index (χ4v) is 5.74. The molecule has 0 radical (unpaired) electrons.